The Kier molecular flexibility index (Phi) is 3.64. The lowest BCUT2D eigenvalue weighted by molar-refractivity contribution is 0.192. The standard InChI is InChI=1S/C10H16N2O2S/c1-3-8(15-2)10-11-9(12-14-10)7-4-5-13-6-7/h7-8H,3-6H2,1-2H3/t7-,8+/m1/s1. The molecule has 2 heterocycles. The summed E-state index contributed by atoms with van der Waals surface area (Å²) < 4.78 is 10.6. The summed E-state index contributed by atoms with van der Waals surface area (Å²) in [4.78, 5) is 4.46. The summed E-state index contributed by atoms with van der Waals surface area (Å²) >= 11 is 1.75. The SMILES string of the molecule is CC[C@H](SC)c1nc([C@@H]2CCOC2)no1. The Morgan fingerprint density at radius 3 is 3.07 bits per heavy atom. The Morgan fingerprint density at radius 2 is 2.47 bits per heavy atom. The lowest BCUT2D eigenvalue weighted by atomic mass is 10.1. The van der Waals surface area contributed by atoms with Crippen LogP contribution in [0, 0.1) is 0 Å². The maximum absolute atomic E-state index is 5.31. The molecule has 84 valence electrons. The van der Waals surface area contributed by atoms with E-state index in [-0.39, 0.29) is 0 Å². The Hall–Kier alpha value is -0.550. The number of ether oxygens (including phenoxy) is 1. The molecule has 0 aliphatic carbocycles. The molecule has 0 radical (unpaired) electrons. The highest BCUT2D eigenvalue weighted by molar-refractivity contribution is 7.98. The molecule has 2 atom stereocenters. The van der Waals surface area contributed by atoms with Crippen LogP contribution in [0.3, 0.4) is 0 Å². The minimum atomic E-state index is 0.327. The number of nitrogens with zero attached hydrogens (tertiary/aromatic N) is 2. The summed E-state index contributed by atoms with van der Waals surface area (Å²) in [6.07, 6.45) is 4.09. The first-order valence-electron chi connectivity index (χ1n) is 5.29. The summed E-state index contributed by atoms with van der Waals surface area (Å²) in [5.41, 5.74) is 0. The van der Waals surface area contributed by atoms with Crippen LogP contribution in [0.4, 0.5) is 0 Å². The van der Waals surface area contributed by atoms with Gasteiger partial charge < -0.3 is 9.26 Å². The minimum Gasteiger partial charge on any atom is -0.381 e. The first-order valence-corrected chi connectivity index (χ1v) is 6.58. The molecule has 1 fully saturated rings. The van der Waals surface area contributed by atoms with Crippen LogP contribution >= 0.6 is 11.8 Å². The molecule has 0 aromatic carbocycles. The van der Waals surface area contributed by atoms with Gasteiger partial charge in [0.25, 0.3) is 0 Å². The zero-order chi connectivity index (χ0) is 10.7. The van der Waals surface area contributed by atoms with Crippen LogP contribution < -0.4 is 0 Å². The van der Waals surface area contributed by atoms with Crippen LogP contribution in [0.1, 0.15) is 42.6 Å². The van der Waals surface area contributed by atoms with Gasteiger partial charge in [0.1, 0.15) is 0 Å². The van der Waals surface area contributed by atoms with Gasteiger partial charge in [0, 0.05) is 12.5 Å². The van der Waals surface area contributed by atoms with Crippen molar-refractivity contribution in [3.05, 3.63) is 11.7 Å². The van der Waals surface area contributed by atoms with Gasteiger partial charge in [-0.25, -0.2) is 0 Å². The molecule has 0 spiro atoms. The van der Waals surface area contributed by atoms with Crippen molar-refractivity contribution in [1.82, 2.24) is 10.1 Å². The molecule has 4 nitrogen and oxygen atoms in total. The maximum Gasteiger partial charge on any atom is 0.239 e. The van der Waals surface area contributed by atoms with E-state index in [0.29, 0.717) is 11.2 Å². The summed E-state index contributed by atoms with van der Waals surface area (Å²) in [7, 11) is 0. The number of aromatic nitrogens is 2. The van der Waals surface area contributed by atoms with E-state index >= 15 is 0 Å². The Morgan fingerprint density at radius 1 is 1.60 bits per heavy atom. The van der Waals surface area contributed by atoms with Gasteiger partial charge in [-0.2, -0.15) is 16.7 Å². The second-order valence-electron chi connectivity index (χ2n) is 3.68. The second kappa shape index (κ2) is 4.99. The fraction of sp³-hybridized carbons (Fsp3) is 0.800. The molecule has 15 heavy (non-hydrogen) atoms. The predicted molar refractivity (Wildman–Crippen MR) is 59.0 cm³/mol. The molecular formula is C10H16N2O2S. The molecule has 5 heteroatoms. The van der Waals surface area contributed by atoms with Crippen molar-refractivity contribution in [2.24, 2.45) is 0 Å². The van der Waals surface area contributed by atoms with Crippen LogP contribution in [0.15, 0.2) is 4.52 Å². The molecule has 1 aromatic rings. The summed E-state index contributed by atoms with van der Waals surface area (Å²) in [5.74, 6) is 1.91. The van der Waals surface area contributed by atoms with Crippen LogP contribution in [0.5, 0.6) is 0 Å². The van der Waals surface area contributed by atoms with Crippen molar-refractivity contribution in [1.29, 1.82) is 0 Å². The molecule has 0 saturated carbocycles. The van der Waals surface area contributed by atoms with Crippen LogP contribution in [0.25, 0.3) is 0 Å². The van der Waals surface area contributed by atoms with Crippen LogP contribution in [0.2, 0.25) is 0 Å². The summed E-state index contributed by atoms with van der Waals surface area (Å²) in [6.45, 7) is 3.67. The highest BCUT2D eigenvalue weighted by Gasteiger charge is 2.24. The molecule has 1 aromatic heterocycles. The number of hydrogen-bond donors (Lipinski definition) is 0. The average molecular weight is 228 g/mol. The predicted octanol–water partition coefficient (Wildman–Crippen LogP) is 2.39. The largest absolute Gasteiger partial charge is 0.381 e. The van der Waals surface area contributed by atoms with Gasteiger partial charge in [-0.1, -0.05) is 12.1 Å². The Bertz CT molecular complexity index is 290. The van der Waals surface area contributed by atoms with Crippen molar-refractivity contribution in [2.75, 3.05) is 19.5 Å². The maximum atomic E-state index is 5.31. The third-order valence-electron chi connectivity index (χ3n) is 2.68. The van der Waals surface area contributed by atoms with E-state index in [1.54, 1.807) is 11.8 Å². The topological polar surface area (TPSA) is 48.2 Å². The highest BCUT2D eigenvalue weighted by atomic mass is 32.2. The van der Waals surface area contributed by atoms with Crippen molar-refractivity contribution in [2.45, 2.75) is 30.9 Å². The van der Waals surface area contributed by atoms with E-state index in [1.165, 1.54) is 0 Å². The second-order valence-corrected chi connectivity index (χ2v) is 4.72. The van der Waals surface area contributed by atoms with Crippen LogP contribution in [-0.4, -0.2) is 29.6 Å². The van der Waals surface area contributed by atoms with Crippen molar-refractivity contribution in [3.63, 3.8) is 0 Å². The molecular weight excluding hydrogens is 212 g/mol. The Labute approximate surface area is 93.8 Å². The molecule has 0 N–H and O–H groups in total. The average Bonchev–Trinajstić information content (AvgIpc) is 2.89. The molecule has 0 amide bonds. The summed E-state index contributed by atoms with van der Waals surface area (Å²) in [6, 6.07) is 0. The van der Waals surface area contributed by atoms with Crippen molar-refractivity contribution < 1.29 is 9.26 Å². The highest BCUT2D eigenvalue weighted by Crippen LogP contribution is 2.30. The van der Waals surface area contributed by atoms with E-state index in [9.17, 15) is 0 Å². The van der Waals surface area contributed by atoms with Crippen LogP contribution in [-0.2, 0) is 4.74 Å². The third-order valence-corrected chi connectivity index (χ3v) is 3.79. The van der Waals surface area contributed by atoms with Crippen molar-refractivity contribution >= 4 is 11.8 Å². The third kappa shape index (κ3) is 2.34. The fourth-order valence-corrected chi connectivity index (χ4v) is 2.35. The van der Waals surface area contributed by atoms with Gasteiger partial charge in [0.2, 0.25) is 5.89 Å². The molecule has 1 saturated heterocycles. The number of rotatable bonds is 4. The number of hydrogen-bond acceptors (Lipinski definition) is 5. The monoisotopic (exact) mass is 228 g/mol. The lowest BCUT2D eigenvalue weighted by Gasteiger charge is -2.04. The van der Waals surface area contributed by atoms with E-state index < -0.39 is 0 Å². The first-order chi connectivity index (χ1) is 7.35. The minimum absolute atomic E-state index is 0.327. The van der Waals surface area contributed by atoms with E-state index in [1.807, 2.05) is 0 Å². The zero-order valence-corrected chi connectivity index (χ0v) is 9.92. The van der Waals surface area contributed by atoms with E-state index in [4.69, 9.17) is 9.26 Å². The van der Waals surface area contributed by atoms with Gasteiger partial charge in [-0.3, -0.25) is 0 Å². The molecule has 0 unspecified atom stereocenters. The first kappa shape index (κ1) is 11.0. The Balaban J connectivity index is 2.08. The van der Waals surface area contributed by atoms with Gasteiger partial charge >= 0.3 is 0 Å². The molecule has 2 rings (SSSR count). The van der Waals surface area contributed by atoms with E-state index in [2.05, 4.69) is 23.3 Å². The fourth-order valence-electron chi connectivity index (χ4n) is 1.72. The molecule has 1 aliphatic heterocycles. The smallest absolute Gasteiger partial charge is 0.239 e. The molecule has 0 bridgehead atoms. The van der Waals surface area contributed by atoms with Gasteiger partial charge in [0.05, 0.1) is 11.9 Å². The lowest BCUT2D eigenvalue weighted by Crippen LogP contribution is -2.00. The summed E-state index contributed by atoms with van der Waals surface area (Å²) in [5, 5.41) is 4.36. The quantitative estimate of drug-likeness (QED) is 0.792. The van der Waals surface area contributed by atoms with Gasteiger partial charge in [0.15, 0.2) is 5.82 Å². The number of thioether (sulfide) groups is 1. The molecule has 1 aliphatic rings. The van der Waals surface area contributed by atoms with Gasteiger partial charge in [-0.05, 0) is 19.1 Å². The van der Waals surface area contributed by atoms with Gasteiger partial charge in [-0.15, -0.1) is 0 Å². The zero-order valence-electron chi connectivity index (χ0n) is 9.10. The van der Waals surface area contributed by atoms with E-state index in [0.717, 1.165) is 37.8 Å². The normalized spacial score (nSPS) is 23.2. The van der Waals surface area contributed by atoms with Crippen molar-refractivity contribution in [3.8, 4) is 0 Å².